The topological polar surface area (TPSA) is 54.9 Å². The van der Waals surface area contributed by atoms with Gasteiger partial charge in [-0.2, -0.15) is 0 Å². The number of nitrogens with one attached hydrogen (secondary N) is 1. The standard InChI is InChI=1S/C21H15N3OS/c1-12-6-7-13-8-9-15(10-17(13)22-12)20(25)24-21-23-19-16-5-3-2-4-14(16)11-18(19)26-21/h2-10H,11H2,1H3,(H,23,24,25). The molecule has 4 nitrogen and oxygen atoms in total. The number of aromatic nitrogens is 2. The van der Waals surface area contributed by atoms with Crippen molar-refractivity contribution in [2.24, 2.45) is 0 Å². The highest BCUT2D eigenvalue weighted by atomic mass is 32.1. The maximum Gasteiger partial charge on any atom is 0.257 e. The molecular formula is C21H15N3OS. The molecule has 0 fully saturated rings. The van der Waals surface area contributed by atoms with Gasteiger partial charge in [0.05, 0.1) is 11.2 Å². The lowest BCUT2D eigenvalue weighted by Crippen LogP contribution is -2.11. The van der Waals surface area contributed by atoms with E-state index in [4.69, 9.17) is 0 Å². The van der Waals surface area contributed by atoms with Gasteiger partial charge in [-0.05, 0) is 30.7 Å². The molecule has 126 valence electrons. The van der Waals surface area contributed by atoms with E-state index in [-0.39, 0.29) is 5.91 Å². The van der Waals surface area contributed by atoms with Crippen molar-refractivity contribution in [2.45, 2.75) is 13.3 Å². The quantitative estimate of drug-likeness (QED) is 0.493. The summed E-state index contributed by atoms with van der Waals surface area (Å²) in [6.45, 7) is 1.95. The third kappa shape index (κ3) is 2.48. The van der Waals surface area contributed by atoms with E-state index >= 15 is 0 Å². The molecule has 0 bridgehead atoms. The predicted octanol–water partition coefficient (Wildman–Crippen LogP) is 4.82. The number of rotatable bonds is 2. The molecule has 2 heterocycles. The number of benzene rings is 2. The normalized spacial score (nSPS) is 12.0. The number of pyridine rings is 1. The largest absolute Gasteiger partial charge is 0.298 e. The summed E-state index contributed by atoms with van der Waals surface area (Å²) in [6, 6.07) is 17.9. The number of fused-ring (bicyclic) bond motifs is 4. The Morgan fingerprint density at radius 1 is 1.08 bits per heavy atom. The van der Waals surface area contributed by atoms with Gasteiger partial charge in [-0.15, -0.1) is 11.3 Å². The van der Waals surface area contributed by atoms with Crippen LogP contribution in [0.15, 0.2) is 54.6 Å². The number of anilines is 1. The number of aryl methyl sites for hydroxylation is 1. The molecule has 1 N–H and O–H groups in total. The molecule has 0 atom stereocenters. The zero-order valence-electron chi connectivity index (χ0n) is 14.1. The van der Waals surface area contributed by atoms with Crippen LogP contribution in [0.5, 0.6) is 0 Å². The van der Waals surface area contributed by atoms with Crippen LogP contribution in [0, 0.1) is 6.92 Å². The van der Waals surface area contributed by atoms with Crippen molar-refractivity contribution in [1.82, 2.24) is 9.97 Å². The van der Waals surface area contributed by atoms with Gasteiger partial charge in [0.25, 0.3) is 5.91 Å². The monoisotopic (exact) mass is 357 g/mol. The minimum Gasteiger partial charge on any atom is -0.298 e. The Balaban J connectivity index is 1.43. The molecule has 2 aromatic heterocycles. The van der Waals surface area contributed by atoms with Gasteiger partial charge in [0.1, 0.15) is 0 Å². The summed E-state index contributed by atoms with van der Waals surface area (Å²) < 4.78 is 0. The van der Waals surface area contributed by atoms with Gasteiger partial charge in [0.15, 0.2) is 5.13 Å². The molecule has 0 unspecified atom stereocenters. The molecule has 1 aliphatic rings. The lowest BCUT2D eigenvalue weighted by Gasteiger charge is -2.04. The number of carbonyl (C=O) groups is 1. The van der Waals surface area contributed by atoms with Crippen LogP contribution in [0.3, 0.4) is 0 Å². The maximum absolute atomic E-state index is 12.6. The summed E-state index contributed by atoms with van der Waals surface area (Å²) in [7, 11) is 0. The first-order chi connectivity index (χ1) is 12.7. The number of hydrogen-bond donors (Lipinski definition) is 1. The molecule has 0 saturated carbocycles. The second-order valence-electron chi connectivity index (χ2n) is 6.44. The summed E-state index contributed by atoms with van der Waals surface area (Å²) in [4.78, 5) is 23.0. The van der Waals surface area contributed by atoms with Crippen molar-refractivity contribution < 1.29 is 4.79 Å². The van der Waals surface area contributed by atoms with Gasteiger partial charge < -0.3 is 0 Å². The molecule has 0 aliphatic heterocycles. The molecular weight excluding hydrogens is 342 g/mol. The lowest BCUT2D eigenvalue weighted by molar-refractivity contribution is 0.102. The first kappa shape index (κ1) is 15.2. The minimum atomic E-state index is -0.157. The molecule has 1 aliphatic carbocycles. The van der Waals surface area contributed by atoms with E-state index in [1.807, 2.05) is 49.4 Å². The number of hydrogen-bond acceptors (Lipinski definition) is 4. The van der Waals surface area contributed by atoms with E-state index in [2.05, 4.69) is 27.4 Å². The van der Waals surface area contributed by atoms with Gasteiger partial charge in [0.2, 0.25) is 0 Å². The molecule has 4 aromatic rings. The van der Waals surface area contributed by atoms with E-state index in [0.717, 1.165) is 28.7 Å². The van der Waals surface area contributed by atoms with Crippen LogP contribution >= 0.6 is 11.3 Å². The van der Waals surface area contributed by atoms with Crippen molar-refractivity contribution >= 4 is 33.3 Å². The summed E-state index contributed by atoms with van der Waals surface area (Å²) >= 11 is 1.55. The Hall–Kier alpha value is -3.05. The van der Waals surface area contributed by atoms with Crippen molar-refractivity contribution in [2.75, 3.05) is 5.32 Å². The number of amides is 1. The molecule has 0 spiro atoms. The average molecular weight is 357 g/mol. The highest BCUT2D eigenvalue weighted by molar-refractivity contribution is 7.16. The van der Waals surface area contributed by atoms with Gasteiger partial charge in [-0.1, -0.05) is 36.4 Å². The number of carbonyl (C=O) groups excluding carboxylic acids is 1. The molecule has 0 radical (unpaired) electrons. The molecule has 1 amide bonds. The minimum absolute atomic E-state index is 0.157. The summed E-state index contributed by atoms with van der Waals surface area (Å²) in [5.74, 6) is -0.157. The van der Waals surface area contributed by atoms with E-state index in [1.165, 1.54) is 16.0 Å². The van der Waals surface area contributed by atoms with Crippen molar-refractivity contribution in [3.05, 3.63) is 76.3 Å². The molecule has 0 saturated heterocycles. The van der Waals surface area contributed by atoms with E-state index in [9.17, 15) is 4.79 Å². The average Bonchev–Trinajstić information content (AvgIpc) is 3.18. The molecule has 26 heavy (non-hydrogen) atoms. The zero-order chi connectivity index (χ0) is 17.7. The third-order valence-corrected chi connectivity index (χ3v) is 5.61. The first-order valence-electron chi connectivity index (χ1n) is 8.44. The first-order valence-corrected chi connectivity index (χ1v) is 9.26. The smallest absolute Gasteiger partial charge is 0.257 e. The van der Waals surface area contributed by atoms with Gasteiger partial charge in [-0.25, -0.2) is 4.98 Å². The Kier molecular flexibility index (Phi) is 3.36. The van der Waals surface area contributed by atoms with Crippen molar-refractivity contribution in [1.29, 1.82) is 0 Å². The Bertz CT molecular complexity index is 1180. The fourth-order valence-corrected chi connectivity index (χ4v) is 4.34. The van der Waals surface area contributed by atoms with Crippen LogP contribution in [-0.4, -0.2) is 15.9 Å². The number of nitrogens with zero attached hydrogens (tertiary/aromatic N) is 2. The maximum atomic E-state index is 12.6. The fourth-order valence-electron chi connectivity index (χ4n) is 3.34. The van der Waals surface area contributed by atoms with Crippen LogP contribution in [0.4, 0.5) is 5.13 Å². The summed E-state index contributed by atoms with van der Waals surface area (Å²) in [6.07, 6.45) is 0.887. The highest BCUT2D eigenvalue weighted by Gasteiger charge is 2.23. The van der Waals surface area contributed by atoms with Crippen LogP contribution in [0.2, 0.25) is 0 Å². The SMILES string of the molecule is Cc1ccc2ccc(C(=O)Nc3nc4c(s3)Cc3ccccc3-4)cc2n1. The third-order valence-electron chi connectivity index (χ3n) is 4.63. The Morgan fingerprint density at radius 3 is 2.85 bits per heavy atom. The fraction of sp³-hybridized carbons (Fsp3) is 0.0952. The zero-order valence-corrected chi connectivity index (χ0v) is 14.9. The second kappa shape index (κ2) is 5.75. The Labute approximate surface area is 154 Å². The molecule has 2 aromatic carbocycles. The van der Waals surface area contributed by atoms with Crippen LogP contribution < -0.4 is 5.32 Å². The van der Waals surface area contributed by atoms with Crippen molar-refractivity contribution in [3.63, 3.8) is 0 Å². The van der Waals surface area contributed by atoms with Gasteiger partial charge >= 0.3 is 0 Å². The second-order valence-corrected chi connectivity index (χ2v) is 7.52. The number of thiazole rings is 1. The predicted molar refractivity (Wildman–Crippen MR) is 105 cm³/mol. The van der Waals surface area contributed by atoms with E-state index in [1.54, 1.807) is 11.3 Å². The van der Waals surface area contributed by atoms with Crippen molar-refractivity contribution in [3.8, 4) is 11.3 Å². The van der Waals surface area contributed by atoms with E-state index in [0.29, 0.717) is 10.7 Å². The highest BCUT2D eigenvalue weighted by Crippen LogP contribution is 2.40. The van der Waals surface area contributed by atoms with E-state index < -0.39 is 0 Å². The Morgan fingerprint density at radius 2 is 1.92 bits per heavy atom. The summed E-state index contributed by atoms with van der Waals surface area (Å²) in [5, 5.41) is 4.61. The molecule has 5 rings (SSSR count). The van der Waals surface area contributed by atoms with Crippen LogP contribution in [0.25, 0.3) is 22.2 Å². The van der Waals surface area contributed by atoms with Crippen LogP contribution in [-0.2, 0) is 6.42 Å². The lowest BCUT2D eigenvalue weighted by atomic mass is 10.1. The molecule has 5 heteroatoms. The van der Waals surface area contributed by atoms with Gasteiger partial charge in [0, 0.05) is 33.5 Å². The van der Waals surface area contributed by atoms with Crippen LogP contribution in [0.1, 0.15) is 26.5 Å². The summed E-state index contributed by atoms with van der Waals surface area (Å²) in [5.41, 5.74) is 5.82. The van der Waals surface area contributed by atoms with Gasteiger partial charge in [-0.3, -0.25) is 15.1 Å².